The summed E-state index contributed by atoms with van der Waals surface area (Å²) >= 11 is 0. The Kier molecular flexibility index (Phi) is 5.96. The van der Waals surface area contributed by atoms with Crippen LogP contribution in [0.5, 0.6) is 0 Å². The molecule has 9 nitrogen and oxygen atoms in total. The first-order valence-electron chi connectivity index (χ1n) is 12.1. The summed E-state index contributed by atoms with van der Waals surface area (Å²) in [6.07, 6.45) is 4.33. The molecule has 3 aromatic rings. The summed E-state index contributed by atoms with van der Waals surface area (Å²) in [5, 5.41) is 25.1. The van der Waals surface area contributed by atoms with Gasteiger partial charge in [0.2, 0.25) is 5.95 Å². The number of pyridine rings is 2. The zero-order chi connectivity index (χ0) is 24.9. The average Bonchev–Trinajstić information content (AvgIpc) is 2.83. The number of hydrogen-bond donors (Lipinski definition) is 3. The number of aromatic nitrogens is 4. The number of aliphatic hydroxyl groups excluding tert-OH is 2. The van der Waals surface area contributed by atoms with Crippen LogP contribution in [0.3, 0.4) is 0 Å². The molecular weight excluding hydrogens is 449 g/mol. The molecule has 35 heavy (non-hydrogen) atoms. The molecule has 0 radical (unpaired) electrons. The maximum Gasteiger partial charge on any atom is 0.227 e. The smallest absolute Gasteiger partial charge is 0.227 e. The van der Waals surface area contributed by atoms with Gasteiger partial charge in [0.25, 0.3) is 0 Å². The van der Waals surface area contributed by atoms with Crippen molar-refractivity contribution in [3.63, 3.8) is 0 Å². The molecule has 2 saturated heterocycles. The molecule has 186 valence electrons. The second-order valence-electron chi connectivity index (χ2n) is 10.1. The van der Waals surface area contributed by atoms with Gasteiger partial charge in [-0.15, -0.1) is 0 Å². The van der Waals surface area contributed by atoms with E-state index >= 15 is 0 Å². The van der Waals surface area contributed by atoms with E-state index in [1.807, 2.05) is 25.4 Å². The van der Waals surface area contributed by atoms with Gasteiger partial charge in [-0.05, 0) is 38.3 Å². The number of halogens is 1. The molecule has 3 aromatic heterocycles. The van der Waals surface area contributed by atoms with E-state index in [-0.39, 0.29) is 24.6 Å². The quantitative estimate of drug-likeness (QED) is 0.506. The van der Waals surface area contributed by atoms with Gasteiger partial charge in [-0.3, -0.25) is 4.98 Å². The lowest BCUT2D eigenvalue weighted by Crippen LogP contribution is -2.58. The molecule has 3 N–H and O–H groups in total. The first kappa shape index (κ1) is 23.6. The summed E-state index contributed by atoms with van der Waals surface area (Å²) in [5.74, 6) is 1.78. The van der Waals surface area contributed by atoms with Crippen molar-refractivity contribution < 1.29 is 14.6 Å². The number of alkyl halides is 1. The number of rotatable bonds is 5. The van der Waals surface area contributed by atoms with Gasteiger partial charge in [0.05, 0.1) is 42.4 Å². The van der Waals surface area contributed by atoms with Crippen LogP contribution >= 0.6 is 0 Å². The molecular formula is C25H32FN7O2. The molecule has 0 saturated carbocycles. The van der Waals surface area contributed by atoms with Crippen molar-refractivity contribution in [2.45, 2.75) is 64.0 Å². The molecule has 2 aliphatic rings. The van der Waals surface area contributed by atoms with E-state index in [0.717, 1.165) is 22.2 Å². The topological polar surface area (TPSA) is 111 Å². The number of nitrogens with zero attached hydrogens (tertiary/aromatic N) is 6. The maximum atomic E-state index is 14.7. The fourth-order valence-electron chi connectivity index (χ4n) is 4.82. The summed E-state index contributed by atoms with van der Waals surface area (Å²) in [7, 11) is 0. The monoisotopic (exact) mass is 481 g/mol. The van der Waals surface area contributed by atoms with E-state index in [4.69, 9.17) is 4.98 Å². The van der Waals surface area contributed by atoms with Crippen molar-refractivity contribution in [1.82, 2.24) is 19.9 Å². The highest BCUT2D eigenvalue weighted by Crippen LogP contribution is 2.36. The van der Waals surface area contributed by atoms with Crippen LogP contribution in [-0.4, -0.2) is 73.7 Å². The largest absolute Gasteiger partial charge is 0.390 e. The Labute approximate surface area is 204 Å². The van der Waals surface area contributed by atoms with E-state index in [9.17, 15) is 14.6 Å². The minimum atomic E-state index is -1.72. The van der Waals surface area contributed by atoms with Gasteiger partial charge in [-0.2, -0.15) is 4.98 Å². The summed E-state index contributed by atoms with van der Waals surface area (Å²) in [6, 6.07) is 3.74. The van der Waals surface area contributed by atoms with Crippen LogP contribution < -0.4 is 15.1 Å². The fourth-order valence-corrected chi connectivity index (χ4v) is 4.82. The Morgan fingerprint density at radius 1 is 1.14 bits per heavy atom. The lowest BCUT2D eigenvalue weighted by atomic mass is 9.94. The second-order valence-corrected chi connectivity index (χ2v) is 10.1. The van der Waals surface area contributed by atoms with Crippen molar-refractivity contribution >= 4 is 34.0 Å². The normalized spacial score (nSPS) is 26.8. The third kappa shape index (κ3) is 4.36. The molecule has 2 aliphatic heterocycles. The number of β-amino-alcohol motifs (C(OH)–C–C–N with tert-alkyl or cyclic N) is 1. The lowest BCUT2D eigenvalue weighted by Gasteiger charge is -2.45. The Bertz CT molecular complexity index is 1240. The number of anilines is 4. The standard InChI is InChI=1S/C25H32FN7O2/c1-14(2)23-16-9-22(28-10-17(16)18(11-29-23)33-12-19(34)15(33)3)30-21-5-7-27-24(31-21)32-8-6-20(35)25(4,26)13-32/h5,7,9-11,14-15,19-20,34-35H,6,8,12-13H2,1-4H3,(H,27,28,30,31)/t15-,19+,20-,25+/m1/s1. The van der Waals surface area contributed by atoms with Crippen molar-refractivity contribution in [3.05, 3.63) is 36.4 Å². The van der Waals surface area contributed by atoms with Gasteiger partial charge in [-0.25, -0.2) is 14.4 Å². The first-order chi connectivity index (χ1) is 16.6. The number of hydrogen-bond acceptors (Lipinski definition) is 9. The van der Waals surface area contributed by atoms with Crippen molar-refractivity contribution in [1.29, 1.82) is 0 Å². The van der Waals surface area contributed by atoms with Gasteiger partial charge in [0.1, 0.15) is 11.6 Å². The molecule has 5 heterocycles. The van der Waals surface area contributed by atoms with Gasteiger partial charge < -0.3 is 25.3 Å². The highest BCUT2D eigenvalue weighted by atomic mass is 19.1. The van der Waals surface area contributed by atoms with Crippen LogP contribution in [0.15, 0.2) is 30.7 Å². The van der Waals surface area contributed by atoms with Crippen LogP contribution in [0, 0.1) is 0 Å². The molecule has 5 rings (SSSR count). The molecule has 0 aromatic carbocycles. The van der Waals surface area contributed by atoms with E-state index in [2.05, 4.69) is 39.0 Å². The van der Waals surface area contributed by atoms with Crippen LogP contribution in [-0.2, 0) is 0 Å². The molecule has 0 unspecified atom stereocenters. The SMILES string of the molecule is CC(C)c1ncc(N2C[C@H](O)[C@H]2C)c2cnc(Nc3ccnc(N4CC[C@@H](O)[C@@](C)(F)C4)n3)cc12. The minimum absolute atomic E-state index is 0.0294. The molecule has 0 amide bonds. The van der Waals surface area contributed by atoms with Gasteiger partial charge in [0.15, 0.2) is 5.67 Å². The number of aliphatic hydroxyl groups is 2. The Hall–Kier alpha value is -3.11. The highest BCUT2D eigenvalue weighted by molar-refractivity contribution is 5.97. The Morgan fingerprint density at radius 2 is 1.94 bits per heavy atom. The van der Waals surface area contributed by atoms with Crippen LogP contribution in [0.1, 0.15) is 45.7 Å². The van der Waals surface area contributed by atoms with Crippen molar-refractivity contribution in [3.8, 4) is 0 Å². The van der Waals surface area contributed by atoms with Gasteiger partial charge in [-0.1, -0.05) is 13.8 Å². The second kappa shape index (κ2) is 8.83. The summed E-state index contributed by atoms with van der Waals surface area (Å²) < 4.78 is 14.7. The van der Waals surface area contributed by atoms with E-state index in [0.29, 0.717) is 37.1 Å². The zero-order valence-electron chi connectivity index (χ0n) is 20.5. The third-order valence-electron chi connectivity index (χ3n) is 7.12. The van der Waals surface area contributed by atoms with Crippen molar-refractivity contribution in [2.24, 2.45) is 0 Å². The zero-order valence-corrected chi connectivity index (χ0v) is 20.5. The maximum absolute atomic E-state index is 14.7. The number of piperidine rings is 1. The van der Waals surface area contributed by atoms with E-state index in [1.54, 1.807) is 17.2 Å². The predicted molar refractivity (Wildman–Crippen MR) is 134 cm³/mol. The molecule has 4 atom stereocenters. The summed E-state index contributed by atoms with van der Waals surface area (Å²) in [4.78, 5) is 22.1. The van der Waals surface area contributed by atoms with Crippen LogP contribution in [0.2, 0.25) is 0 Å². The van der Waals surface area contributed by atoms with Gasteiger partial charge >= 0.3 is 0 Å². The summed E-state index contributed by atoms with van der Waals surface area (Å²) in [6.45, 7) is 8.71. The molecule has 0 spiro atoms. The van der Waals surface area contributed by atoms with Crippen molar-refractivity contribution in [2.75, 3.05) is 34.8 Å². The van der Waals surface area contributed by atoms with E-state index in [1.165, 1.54) is 6.92 Å². The Balaban J connectivity index is 1.44. The van der Waals surface area contributed by atoms with Crippen LogP contribution in [0.4, 0.5) is 27.7 Å². The molecule has 10 heteroatoms. The first-order valence-corrected chi connectivity index (χ1v) is 12.1. The minimum Gasteiger partial charge on any atom is -0.390 e. The lowest BCUT2D eigenvalue weighted by molar-refractivity contribution is -0.00860. The van der Waals surface area contributed by atoms with E-state index < -0.39 is 11.8 Å². The molecule has 0 aliphatic carbocycles. The number of nitrogens with one attached hydrogen (secondary N) is 1. The van der Waals surface area contributed by atoms with Crippen LogP contribution in [0.25, 0.3) is 10.8 Å². The molecule has 2 fully saturated rings. The fraction of sp³-hybridized carbons (Fsp3) is 0.520. The summed E-state index contributed by atoms with van der Waals surface area (Å²) in [5.41, 5.74) is 0.222. The third-order valence-corrected chi connectivity index (χ3v) is 7.12. The molecule has 0 bridgehead atoms. The number of fused-ring (bicyclic) bond motifs is 1. The highest BCUT2D eigenvalue weighted by Gasteiger charge is 2.40. The van der Waals surface area contributed by atoms with Gasteiger partial charge in [0, 0.05) is 36.3 Å². The average molecular weight is 482 g/mol. The Morgan fingerprint density at radius 3 is 2.63 bits per heavy atom. The predicted octanol–water partition coefficient (Wildman–Crippen LogP) is 3.16.